The summed E-state index contributed by atoms with van der Waals surface area (Å²) in [4.78, 5) is 33.7. The normalized spacial score (nSPS) is 12.4. The van der Waals surface area contributed by atoms with Gasteiger partial charge in [0.25, 0.3) is 5.56 Å². The zero-order valence-electron chi connectivity index (χ0n) is 16.8. The summed E-state index contributed by atoms with van der Waals surface area (Å²) in [6.45, 7) is 1.79. The van der Waals surface area contributed by atoms with Gasteiger partial charge in [0.2, 0.25) is 0 Å². The smallest absolute Gasteiger partial charge is 0.267 e. The molecule has 0 aliphatic carbocycles. The molecule has 0 amide bonds. The van der Waals surface area contributed by atoms with Crippen LogP contribution in [0.5, 0.6) is 0 Å². The van der Waals surface area contributed by atoms with E-state index in [1.54, 1.807) is 19.1 Å². The van der Waals surface area contributed by atoms with E-state index in [2.05, 4.69) is 30.2 Å². The largest absolute Gasteiger partial charge is 0.358 e. The summed E-state index contributed by atoms with van der Waals surface area (Å²) in [5.41, 5.74) is 1.09. The van der Waals surface area contributed by atoms with Crippen LogP contribution in [0.15, 0.2) is 47.8 Å². The molecule has 2 aromatic carbocycles. The molecule has 0 bridgehead atoms. The van der Waals surface area contributed by atoms with Gasteiger partial charge in [-0.05, 0) is 37.3 Å². The summed E-state index contributed by atoms with van der Waals surface area (Å²) in [5, 5.41) is 3.48. The van der Waals surface area contributed by atoms with Gasteiger partial charge in [0.15, 0.2) is 11.5 Å². The Hall–Kier alpha value is -3.27. The second-order valence-electron chi connectivity index (χ2n) is 7.18. The molecule has 1 atom stereocenters. The van der Waals surface area contributed by atoms with E-state index in [0.717, 1.165) is 6.07 Å². The Morgan fingerprint density at radius 3 is 2.61 bits per heavy atom. The fourth-order valence-electron chi connectivity index (χ4n) is 3.57. The molecule has 33 heavy (non-hydrogen) atoms. The maximum Gasteiger partial charge on any atom is 0.267 e. The number of nitrogens with one attached hydrogen (secondary N) is 2. The van der Waals surface area contributed by atoms with Crippen LogP contribution in [0.25, 0.3) is 27.8 Å². The molecule has 8 nitrogen and oxygen atoms in total. The summed E-state index contributed by atoms with van der Waals surface area (Å²) in [6.07, 6.45) is 2.89. The minimum atomic E-state index is -0.723. The maximum atomic E-state index is 14.2. The molecule has 0 aliphatic heterocycles. The number of H-pyrrole nitrogens is 1. The Labute approximate surface area is 200 Å². The lowest BCUT2D eigenvalue weighted by atomic mass is 10.2. The molecular formula is C21H13Cl3FN7O. The maximum absolute atomic E-state index is 14.2. The van der Waals surface area contributed by atoms with Gasteiger partial charge in [-0.25, -0.2) is 24.3 Å². The van der Waals surface area contributed by atoms with Crippen LogP contribution in [0.2, 0.25) is 15.1 Å². The fraction of sp³-hybridized carbons (Fsp3) is 0.0952. The van der Waals surface area contributed by atoms with E-state index in [4.69, 9.17) is 34.8 Å². The molecule has 0 spiro atoms. The third-order valence-electron chi connectivity index (χ3n) is 5.02. The number of rotatable bonds is 4. The van der Waals surface area contributed by atoms with Crippen LogP contribution in [0.1, 0.15) is 18.8 Å². The van der Waals surface area contributed by atoms with Crippen molar-refractivity contribution in [3.05, 3.63) is 80.0 Å². The first kappa shape index (κ1) is 21.6. The standard InChI is InChI=1S/C21H13Cl3FN7O/c1-9(30-19-17-18(27-7-26-17)28-8-29-19)20-31-14-3-2-13(25)16(24)15(14)21(33)32(20)12-5-10(22)4-11(23)6-12/h2-9H,1H3,(H2,26,27,28,29,30)/t9-/m0/s1. The van der Waals surface area contributed by atoms with Crippen molar-refractivity contribution >= 4 is 62.7 Å². The predicted octanol–water partition coefficient (Wildman–Crippen LogP) is 5.32. The van der Waals surface area contributed by atoms with Crippen molar-refractivity contribution < 1.29 is 4.39 Å². The average Bonchev–Trinajstić information content (AvgIpc) is 3.25. The first-order chi connectivity index (χ1) is 15.8. The highest BCUT2D eigenvalue weighted by Gasteiger charge is 2.22. The van der Waals surface area contributed by atoms with Gasteiger partial charge in [-0.1, -0.05) is 34.8 Å². The zero-order valence-corrected chi connectivity index (χ0v) is 19.0. The van der Waals surface area contributed by atoms with Crippen LogP contribution in [-0.2, 0) is 0 Å². The van der Waals surface area contributed by atoms with Crippen molar-refractivity contribution in [2.45, 2.75) is 13.0 Å². The molecule has 0 fully saturated rings. The molecule has 2 N–H and O–H groups in total. The molecule has 0 unspecified atom stereocenters. The molecule has 3 heterocycles. The second-order valence-corrected chi connectivity index (χ2v) is 8.43. The number of halogens is 4. The van der Waals surface area contributed by atoms with Crippen molar-refractivity contribution in [2.75, 3.05) is 5.32 Å². The van der Waals surface area contributed by atoms with Gasteiger partial charge in [-0.15, -0.1) is 0 Å². The number of imidazole rings is 1. The highest BCUT2D eigenvalue weighted by atomic mass is 35.5. The van der Waals surface area contributed by atoms with Crippen molar-refractivity contribution in [3.8, 4) is 5.69 Å². The summed E-state index contributed by atoms with van der Waals surface area (Å²) >= 11 is 18.5. The number of aromatic amines is 1. The van der Waals surface area contributed by atoms with Gasteiger partial charge in [0, 0.05) is 10.0 Å². The lowest BCUT2D eigenvalue weighted by molar-refractivity contribution is 0.629. The third-order valence-corrected chi connectivity index (χ3v) is 5.82. The number of aromatic nitrogens is 6. The monoisotopic (exact) mass is 503 g/mol. The van der Waals surface area contributed by atoms with Gasteiger partial charge < -0.3 is 10.3 Å². The second kappa shape index (κ2) is 8.26. The highest BCUT2D eigenvalue weighted by molar-refractivity contribution is 6.35. The summed E-state index contributed by atoms with van der Waals surface area (Å²) in [7, 11) is 0. The molecule has 166 valence electrons. The fourth-order valence-corrected chi connectivity index (χ4v) is 4.33. The predicted molar refractivity (Wildman–Crippen MR) is 126 cm³/mol. The molecule has 3 aromatic heterocycles. The van der Waals surface area contributed by atoms with Crippen molar-refractivity contribution in [3.63, 3.8) is 0 Å². The van der Waals surface area contributed by atoms with Gasteiger partial charge in [0.05, 0.1) is 34.0 Å². The Kier molecular flexibility index (Phi) is 5.40. The van der Waals surface area contributed by atoms with Crippen LogP contribution in [0.3, 0.4) is 0 Å². The average molecular weight is 505 g/mol. The van der Waals surface area contributed by atoms with Gasteiger partial charge in [-0.3, -0.25) is 9.36 Å². The van der Waals surface area contributed by atoms with Crippen molar-refractivity contribution in [1.29, 1.82) is 0 Å². The first-order valence-electron chi connectivity index (χ1n) is 9.61. The molecular weight excluding hydrogens is 492 g/mol. The van der Waals surface area contributed by atoms with Crippen LogP contribution in [-0.4, -0.2) is 29.5 Å². The van der Waals surface area contributed by atoms with E-state index < -0.39 is 17.4 Å². The van der Waals surface area contributed by atoms with Gasteiger partial charge >= 0.3 is 0 Å². The van der Waals surface area contributed by atoms with E-state index in [1.165, 1.54) is 29.4 Å². The minimum Gasteiger partial charge on any atom is -0.358 e. The lowest BCUT2D eigenvalue weighted by Gasteiger charge is -2.20. The summed E-state index contributed by atoms with van der Waals surface area (Å²) in [6, 6.07) is 6.66. The molecule has 5 aromatic rings. The first-order valence-corrected chi connectivity index (χ1v) is 10.7. The Bertz CT molecular complexity index is 1580. The van der Waals surface area contributed by atoms with Crippen LogP contribution in [0, 0.1) is 5.82 Å². The molecule has 0 saturated heterocycles. The van der Waals surface area contributed by atoms with E-state index >= 15 is 0 Å². The lowest BCUT2D eigenvalue weighted by Crippen LogP contribution is -2.28. The van der Waals surface area contributed by atoms with Crippen molar-refractivity contribution in [1.82, 2.24) is 29.5 Å². The van der Waals surface area contributed by atoms with Crippen molar-refractivity contribution in [2.24, 2.45) is 0 Å². The number of nitrogens with zero attached hydrogens (tertiary/aromatic N) is 5. The van der Waals surface area contributed by atoms with Crippen LogP contribution >= 0.6 is 34.8 Å². The third kappa shape index (κ3) is 3.78. The Morgan fingerprint density at radius 1 is 1.09 bits per heavy atom. The topological polar surface area (TPSA) is 101 Å². The Balaban J connectivity index is 1.75. The molecule has 12 heteroatoms. The molecule has 5 rings (SSSR count). The molecule has 0 radical (unpaired) electrons. The zero-order chi connectivity index (χ0) is 23.3. The number of anilines is 1. The SMILES string of the molecule is C[C@H](Nc1ncnc2[nH]cnc12)c1nc2ccc(F)c(Cl)c2c(=O)n1-c1cc(Cl)cc(Cl)c1. The number of benzene rings is 2. The highest BCUT2D eigenvalue weighted by Crippen LogP contribution is 2.29. The summed E-state index contributed by atoms with van der Waals surface area (Å²) in [5.74, 6) is 0.0197. The number of hydrogen-bond acceptors (Lipinski definition) is 6. The molecule has 0 aliphatic rings. The van der Waals surface area contributed by atoms with Gasteiger partial charge in [-0.2, -0.15) is 0 Å². The number of hydrogen-bond donors (Lipinski definition) is 2. The van der Waals surface area contributed by atoms with Crippen LogP contribution < -0.4 is 10.9 Å². The minimum absolute atomic E-state index is 0.0551. The van der Waals surface area contributed by atoms with E-state index in [-0.39, 0.29) is 15.9 Å². The quantitative estimate of drug-likeness (QED) is 0.343. The van der Waals surface area contributed by atoms with Gasteiger partial charge in [0.1, 0.15) is 23.5 Å². The number of fused-ring (bicyclic) bond motifs is 2. The van der Waals surface area contributed by atoms with E-state index in [0.29, 0.717) is 38.5 Å². The van der Waals surface area contributed by atoms with E-state index in [9.17, 15) is 9.18 Å². The molecule has 0 saturated carbocycles. The van der Waals surface area contributed by atoms with E-state index in [1.807, 2.05) is 0 Å². The summed E-state index contributed by atoms with van der Waals surface area (Å²) < 4.78 is 15.5. The van der Waals surface area contributed by atoms with Crippen LogP contribution in [0.4, 0.5) is 10.2 Å². The Morgan fingerprint density at radius 2 is 1.85 bits per heavy atom.